The first-order valence-electron chi connectivity index (χ1n) is 5.36. The normalized spacial score (nSPS) is 10.4. The van der Waals surface area contributed by atoms with Crippen LogP contribution in [0.1, 0.15) is 15.4 Å². The molecular weight excluding hydrogens is 314 g/mol. The Kier molecular flexibility index (Phi) is 4.14. The summed E-state index contributed by atoms with van der Waals surface area (Å²) in [5, 5.41) is 1.19. The van der Waals surface area contributed by atoms with Crippen molar-refractivity contribution in [2.45, 2.75) is 6.92 Å². The summed E-state index contributed by atoms with van der Waals surface area (Å²) in [5.74, 6) is 0.883. The molecule has 0 aliphatic heterocycles. The predicted octanol–water partition coefficient (Wildman–Crippen LogP) is 3.70. The maximum Gasteiger partial charge on any atom is 0.185 e. The second-order valence-electron chi connectivity index (χ2n) is 3.72. The average molecular weight is 326 g/mol. The number of benzene rings is 1. The first-order chi connectivity index (χ1) is 8.65. The van der Waals surface area contributed by atoms with Crippen molar-refractivity contribution in [1.82, 2.24) is 4.98 Å². The molecule has 0 fully saturated rings. The van der Waals surface area contributed by atoms with Gasteiger partial charge < -0.3 is 4.74 Å². The number of thiazole rings is 1. The minimum atomic E-state index is 0.0739. The van der Waals surface area contributed by atoms with E-state index in [9.17, 15) is 4.79 Å². The first-order valence-corrected chi connectivity index (χ1v) is 7.30. The number of halogens is 1. The van der Waals surface area contributed by atoms with Crippen molar-refractivity contribution in [2.75, 3.05) is 12.4 Å². The largest absolute Gasteiger partial charge is 0.497 e. The Labute approximate surface area is 118 Å². The van der Waals surface area contributed by atoms with E-state index >= 15 is 0 Å². The molecule has 18 heavy (non-hydrogen) atoms. The molecule has 94 valence electrons. The van der Waals surface area contributed by atoms with Gasteiger partial charge in [-0.25, -0.2) is 4.98 Å². The lowest BCUT2D eigenvalue weighted by Crippen LogP contribution is -1.98. The lowest BCUT2D eigenvalue weighted by Gasteiger charge is -1.99. The van der Waals surface area contributed by atoms with Gasteiger partial charge in [-0.3, -0.25) is 4.79 Å². The van der Waals surface area contributed by atoms with Crippen LogP contribution in [0, 0.1) is 6.92 Å². The number of ketones is 1. The third-order valence-corrected chi connectivity index (χ3v) is 4.27. The van der Waals surface area contributed by atoms with Crippen LogP contribution in [0.2, 0.25) is 0 Å². The summed E-state index contributed by atoms with van der Waals surface area (Å²) in [7, 11) is 1.63. The Morgan fingerprint density at radius 2 is 2.06 bits per heavy atom. The molecule has 0 bridgehead atoms. The number of rotatable bonds is 4. The molecule has 0 saturated carbocycles. The highest BCUT2D eigenvalue weighted by atomic mass is 79.9. The molecule has 1 heterocycles. The second kappa shape index (κ2) is 5.63. The molecule has 0 atom stereocenters. The predicted molar refractivity (Wildman–Crippen MR) is 77.0 cm³/mol. The van der Waals surface area contributed by atoms with Crippen LogP contribution in [-0.4, -0.2) is 23.2 Å². The summed E-state index contributed by atoms with van der Waals surface area (Å²) >= 11 is 4.61. The lowest BCUT2D eigenvalue weighted by atomic mass is 10.2. The molecule has 2 rings (SSSR count). The summed E-state index contributed by atoms with van der Waals surface area (Å²) in [6, 6.07) is 7.66. The van der Waals surface area contributed by atoms with Gasteiger partial charge in [0.25, 0.3) is 0 Å². The van der Waals surface area contributed by atoms with Gasteiger partial charge in [-0.15, -0.1) is 11.3 Å². The molecule has 0 aliphatic carbocycles. The minimum Gasteiger partial charge on any atom is -0.497 e. The topological polar surface area (TPSA) is 39.2 Å². The first kappa shape index (κ1) is 13.2. The van der Waals surface area contributed by atoms with E-state index in [-0.39, 0.29) is 5.78 Å². The number of carbonyl (C=O) groups is 1. The number of aryl methyl sites for hydroxylation is 1. The van der Waals surface area contributed by atoms with E-state index in [1.54, 1.807) is 7.11 Å². The van der Waals surface area contributed by atoms with E-state index in [1.165, 1.54) is 11.3 Å². The summed E-state index contributed by atoms with van der Waals surface area (Å²) in [6.45, 7) is 1.86. The number of aromatic nitrogens is 1. The molecule has 0 aliphatic rings. The van der Waals surface area contributed by atoms with E-state index in [4.69, 9.17) is 4.74 Å². The third kappa shape index (κ3) is 2.62. The molecule has 0 unspecified atom stereocenters. The quantitative estimate of drug-likeness (QED) is 0.635. The number of nitrogens with zero attached hydrogens (tertiary/aromatic N) is 1. The summed E-state index contributed by atoms with van der Waals surface area (Å²) in [4.78, 5) is 16.8. The van der Waals surface area contributed by atoms with Gasteiger partial charge in [0.1, 0.15) is 10.8 Å². The molecule has 5 heteroatoms. The van der Waals surface area contributed by atoms with E-state index in [0.717, 1.165) is 26.9 Å². The minimum absolute atomic E-state index is 0.0739. The fourth-order valence-corrected chi connectivity index (χ4v) is 3.05. The highest BCUT2D eigenvalue weighted by molar-refractivity contribution is 9.09. The standard InChI is InChI=1S/C13H12BrNO2S/c1-8-12(11(16)7-14)18-13(15-8)9-3-5-10(17-2)6-4-9/h3-6H,7H2,1-2H3. The SMILES string of the molecule is COc1ccc(-c2nc(C)c(C(=O)CBr)s2)cc1. The molecule has 1 aromatic carbocycles. The number of hydrogen-bond donors (Lipinski definition) is 0. The Balaban J connectivity index is 2.36. The van der Waals surface area contributed by atoms with Gasteiger partial charge in [0.05, 0.1) is 23.0 Å². The fourth-order valence-electron chi connectivity index (χ4n) is 1.57. The third-order valence-electron chi connectivity index (χ3n) is 2.51. The van der Waals surface area contributed by atoms with Gasteiger partial charge >= 0.3 is 0 Å². The van der Waals surface area contributed by atoms with Gasteiger partial charge in [0.2, 0.25) is 0 Å². The van der Waals surface area contributed by atoms with E-state index in [0.29, 0.717) is 5.33 Å². The van der Waals surface area contributed by atoms with Crippen LogP contribution in [-0.2, 0) is 0 Å². The van der Waals surface area contributed by atoms with Crippen molar-refractivity contribution >= 4 is 33.0 Å². The van der Waals surface area contributed by atoms with Crippen molar-refractivity contribution in [2.24, 2.45) is 0 Å². The van der Waals surface area contributed by atoms with Gasteiger partial charge in [-0.1, -0.05) is 15.9 Å². The zero-order chi connectivity index (χ0) is 13.1. The molecular formula is C13H12BrNO2S. The monoisotopic (exact) mass is 325 g/mol. The molecule has 0 amide bonds. The van der Waals surface area contributed by atoms with Crippen molar-refractivity contribution in [3.63, 3.8) is 0 Å². The van der Waals surface area contributed by atoms with Crippen LogP contribution in [0.3, 0.4) is 0 Å². The van der Waals surface area contributed by atoms with Crippen molar-refractivity contribution in [3.8, 4) is 16.3 Å². The number of ether oxygens (including phenoxy) is 1. The molecule has 1 aromatic heterocycles. The molecule has 3 nitrogen and oxygen atoms in total. The second-order valence-corrected chi connectivity index (χ2v) is 5.28. The number of Topliss-reactive ketones (excluding diaryl/α,β-unsaturated/α-hetero) is 1. The maximum absolute atomic E-state index is 11.7. The van der Waals surface area contributed by atoms with Crippen LogP contribution in [0.25, 0.3) is 10.6 Å². The lowest BCUT2D eigenvalue weighted by molar-refractivity contribution is 0.102. The molecule has 0 saturated heterocycles. The zero-order valence-corrected chi connectivity index (χ0v) is 12.5. The number of carbonyl (C=O) groups excluding carboxylic acids is 1. The highest BCUT2D eigenvalue weighted by Crippen LogP contribution is 2.29. The number of methoxy groups -OCH3 is 1. The summed E-state index contributed by atoms with van der Waals surface area (Å²) in [6.07, 6.45) is 0. The van der Waals surface area contributed by atoms with Gasteiger partial charge in [0, 0.05) is 5.56 Å². The highest BCUT2D eigenvalue weighted by Gasteiger charge is 2.14. The van der Waals surface area contributed by atoms with Crippen LogP contribution < -0.4 is 4.74 Å². The van der Waals surface area contributed by atoms with Gasteiger partial charge in [-0.05, 0) is 31.2 Å². The fraction of sp³-hybridized carbons (Fsp3) is 0.231. The molecule has 0 spiro atoms. The van der Waals surface area contributed by atoms with Crippen LogP contribution >= 0.6 is 27.3 Å². The smallest absolute Gasteiger partial charge is 0.185 e. The zero-order valence-electron chi connectivity index (χ0n) is 10.1. The van der Waals surface area contributed by atoms with Crippen molar-refractivity contribution in [3.05, 3.63) is 34.8 Å². The average Bonchev–Trinajstić information content (AvgIpc) is 2.80. The van der Waals surface area contributed by atoms with E-state index < -0.39 is 0 Å². The molecule has 0 radical (unpaired) electrons. The maximum atomic E-state index is 11.7. The number of hydrogen-bond acceptors (Lipinski definition) is 4. The molecule has 2 aromatic rings. The van der Waals surface area contributed by atoms with Crippen LogP contribution in [0.4, 0.5) is 0 Å². The van der Waals surface area contributed by atoms with Crippen LogP contribution in [0.5, 0.6) is 5.75 Å². The number of alkyl halides is 1. The Bertz CT molecular complexity index is 563. The van der Waals surface area contributed by atoms with Crippen molar-refractivity contribution < 1.29 is 9.53 Å². The van der Waals surface area contributed by atoms with Crippen molar-refractivity contribution in [1.29, 1.82) is 0 Å². The van der Waals surface area contributed by atoms with E-state index in [2.05, 4.69) is 20.9 Å². The molecule has 0 N–H and O–H groups in total. The Hall–Kier alpha value is -1.20. The Morgan fingerprint density at radius 1 is 1.39 bits per heavy atom. The van der Waals surface area contributed by atoms with Crippen LogP contribution in [0.15, 0.2) is 24.3 Å². The Morgan fingerprint density at radius 3 is 2.61 bits per heavy atom. The van der Waals surface area contributed by atoms with E-state index in [1.807, 2.05) is 31.2 Å². The summed E-state index contributed by atoms with van der Waals surface area (Å²) < 4.78 is 5.11. The summed E-state index contributed by atoms with van der Waals surface area (Å²) in [5.41, 5.74) is 1.78. The van der Waals surface area contributed by atoms with Gasteiger partial charge in [0.15, 0.2) is 5.78 Å². The van der Waals surface area contributed by atoms with Gasteiger partial charge in [-0.2, -0.15) is 0 Å².